The normalized spacial score (nSPS) is 10.4. The summed E-state index contributed by atoms with van der Waals surface area (Å²) < 4.78 is 2.61. The van der Waals surface area contributed by atoms with Gasteiger partial charge in [-0.25, -0.2) is 10.2 Å². The van der Waals surface area contributed by atoms with Crippen molar-refractivity contribution in [2.24, 2.45) is 5.10 Å². The van der Waals surface area contributed by atoms with E-state index in [-0.39, 0.29) is 5.69 Å². The second kappa shape index (κ2) is 8.54. The highest BCUT2D eigenvalue weighted by molar-refractivity contribution is 7.97. The molecule has 0 saturated carbocycles. The SMILES string of the molecule is O=C(N/N=C/c1ccc([N+](=O)[O-])cc1)NSCc1ccccc1. The van der Waals surface area contributed by atoms with Gasteiger partial charge in [0.15, 0.2) is 0 Å². The highest BCUT2D eigenvalue weighted by atomic mass is 32.2. The van der Waals surface area contributed by atoms with Crippen LogP contribution >= 0.6 is 11.9 Å². The van der Waals surface area contributed by atoms with Gasteiger partial charge in [0, 0.05) is 17.9 Å². The van der Waals surface area contributed by atoms with Crippen molar-refractivity contribution in [3.8, 4) is 0 Å². The van der Waals surface area contributed by atoms with Gasteiger partial charge in [-0.1, -0.05) is 30.3 Å². The lowest BCUT2D eigenvalue weighted by atomic mass is 10.2. The Balaban J connectivity index is 1.72. The summed E-state index contributed by atoms with van der Waals surface area (Å²) in [6.07, 6.45) is 1.41. The van der Waals surface area contributed by atoms with Crippen molar-refractivity contribution in [3.63, 3.8) is 0 Å². The van der Waals surface area contributed by atoms with Crippen LogP contribution in [0, 0.1) is 10.1 Å². The molecule has 0 aliphatic carbocycles. The Bertz CT molecular complexity index is 690. The number of urea groups is 1. The van der Waals surface area contributed by atoms with Gasteiger partial charge in [-0.2, -0.15) is 5.10 Å². The second-order valence-corrected chi connectivity index (χ2v) is 5.21. The molecule has 7 nitrogen and oxygen atoms in total. The molecule has 2 aromatic carbocycles. The third-order valence-corrected chi connectivity index (χ3v) is 3.54. The number of nitrogens with one attached hydrogen (secondary N) is 2. The molecule has 0 aliphatic heterocycles. The lowest BCUT2D eigenvalue weighted by Crippen LogP contribution is -2.27. The monoisotopic (exact) mass is 330 g/mol. The fourth-order valence-electron chi connectivity index (χ4n) is 1.63. The molecule has 0 fully saturated rings. The molecule has 0 unspecified atom stereocenters. The number of rotatable bonds is 6. The maximum Gasteiger partial charge on any atom is 0.345 e. The van der Waals surface area contributed by atoms with E-state index in [0.29, 0.717) is 11.3 Å². The highest BCUT2D eigenvalue weighted by Crippen LogP contribution is 2.10. The smallest absolute Gasteiger partial charge is 0.280 e. The fraction of sp³-hybridized carbons (Fsp3) is 0.0667. The molecule has 2 N–H and O–H groups in total. The predicted octanol–water partition coefficient (Wildman–Crippen LogP) is 3.08. The van der Waals surface area contributed by atoms with E-state index in [0.717, 1.165) is 5.56 Å². The van der Waals surface area contributed by atoms with Crippen molar-refractivity contribution in [3.05, 3.63) is 75.8 Å². The molecule has 0 aromatic heterocycles. The number of amides is 2. The molecule has 0 saturated heterocycles. The van der Waals surface area contributed by atoms with Crippen LogP contribution in [0.5, 0.6) is 0 Å². The van der Waals surface area contributed by atoms with E-state index >= 15 is 0 Å². The number of benzene rings is 2. The van der Waals surface area contributed by atoms with E-state index in [1.807, 2.05) is 30.3 Å². The molecule has 0 atom stereocenters. The molecule has 118 valence electrons. The Morgan fingerprint density at radius 3 is 2.52 bits per heavy atom. The molecule has 0 bridgehead atoms. The lowest BCUT2D eigenvalue weighted by Gasteiger charge is -2.03. The zero-order chi connectivity index (χ0) is 16.5. The van der Waals surface area contributed by atoms with Gasteiger partial charge in [0.1, 0.15) is 0 Å². The molecule has 0 spiro atoms. The van der Waals surface area contributed by atoms with Crippen LogP contribution in [0.2, 0.25) is 0 Å². The Kier molecular flexibility index (Phi) is 6.13. The molecular weight excluding hydrogens is 316 g/mol. The first-order valence-electron chi connectivity index (χ1n) is 6.64. The van der Waals surface area contributed by atoms with Gasteiger partial charge in [-0.05, 0) is 35.2 Å². The molecule has 0 heterocycles. The molecule has 2 aromatic rings. The number of hydrogen-bond donors (Lipinski definition) is 2. The van der Waals surface area contributed by atoms with Crippen molar-refractivity contribution < 1.29 is 9.72 Å². The minimum absolute atomic E-state index is 0.00478. The van der Waals surface area contributed by atoms with E-state index in [4.69, 9.17) is 0 Å². The molecule has 2 rings (SSSR count). The Morgan fingerprint density at radius 2 is 1.87 bits per heavy atom. The molecule has 23 heavy (non-hydrogen) atoms. The summed E-state index contributed by atoms with van der Waals surface area (Å²) in [6, 6.07) is 15.1. The Hall–Kier alpha value is -2.87. The average Bonchev–Trinajstić information content (AvgIpc) is 2.56. The van der Waals surface area contributed by atoms with Crippen LogP contribution in [0.15, 0.2) is 59.7 Å². The zero-order valence-corrected chi connectivity index (χ0v) is 12.8. The summed E-state index contributed by atoms with van der Waals surface area (Å²) in [6.45, 7) is 0. The molecular formula is C15H14N4O3S. The standard InChI is InChI=1S/C15H14N4O3S/c20-15(18-23-11-13-4-2-1-3-5-13)17-16-10-12-6-8-14(9-7-12)19(21)22/h1-10H,11H2,(H2,17,18,20)/b16-10+. The molecule has 0 aliphatic rings. The largest absolute Gasteiger partial charge is 0.345 e. The maximum atomic E-state index is 11.5. The van der Waals surface area contributed by atoms with Gasteiger partial charge in [0.05, 0.1) is 11.1 Å². The van der Waals surface area contributed by atoms with Crippen LogP contribution < -0.4 is 10.1 Å². The number of carbonyl (C=O) groups excluding carboxylic acids is 1. The van der Waals surface area contributed by atoms with Crippen LogP contribution in [0.25, 0.3) is 0 Å². The van der Waals surface area contributed by atoms with Crippen LogP contribution in [0.4, 0.5) is 10.5 Å². The zero-order valence-electron chi connectivity index (χ0n) is 12.0. The van der Waals surface area contributed by atoms with Crippen molar-refractivity contribution in [2.45, 2.75) is 5.75 Å². The van der Waals surface area contributed by atoms with Crippen molar-refractivity contribution in [2.75, 3.05) is 0 Å². The number of hydrogen-bond acceptors (Lipinski definition) is 5. The Morgan fingerprint density at radius 1 is 1.17 bits per heavy atom. The lowest BCUT2D eigenvalue weighted by molar-refractivity contribution is -0.384. The Labute approximate surface area is 137 Å². The number of nitro groups is 1. The van der Waals surface area contributed by atoms with Crippen LogP contribution in [0.1, 0.15) is 11.1 Å². The van der Waals surface area contributed by atoms with E-state index < -0.39 is 11.0 Å². The number of hydrazone groups is 1. The third-order valence-electron chi connectivity index (χ3n) is 2.73. The summed E-state index contributed by atoms with van der Waals surface area (Å²) >= 11 is 1.25. The average molecular weight is 330 g/mol. The predicted molar refractivity (Wildman–Crippen MR) is 90.1 cm³/mol. The van der Waals surface area contributed by atoms with Crippen LogP contribution in [-0.4, -0.2) is 17.2 Å². The van der Waals surface area contributed by atoms with Crippen molar-refractivity contribution in [1.29, 1.82) is 0 Å². The van der Waals surface area contributed by atoms with E-state index in [1.54, 1.807) is 12.1 Å². The molecule has 8 heteroatoms. The summed E-state index contributed by atoms with van der Waals surface area (Å²) in [5.41, 5.74) is 4.07. The molecule has 0 radical (unpaired) electrons. The second-order valence-electron chi connectivity index (χ2n) is 4.42. The van der Waals surface area contributed by atoms with Gasteiger partial charge in [0.25, 0.3) is 5.69 Å². The number of carbonyl (C=O) groups is 1. The van der Waals surface area contributed by atoms with E-state index in [9.17, 15) is 14.9 Å². The van der Waals surface area contributed by atoms with Crippen molar-refractivity contribution in [1.82, 2.24) is 10.1 Å². The first kappa shape index (κ1) is 16.5. The van der Waals surface area contributed by atoms with E-state index in [2.05, 4.69) is 15.2 Å². The van der Waals surface area contributed by atoms with Gasteiger partial charge in [-0.3, -0.25) is 14.8 Å². The quantitative estimate of drug-likeness (QED) is 0.368. The van der Waals surface area contributed by atoms with Gasteiger partial charge >= 0.3 is 6.03 Å². The van der Waals surface area contributed by atoms with Crippen LogP contribution in [0.3, 0.4) is 0 Å². The first-order valence-corrected chi connectivity index (χ1v) is 7.63. The minimum atomic E-state index is -0.476. The van der Waals surface area contributed by atoms with E-state index in [1.165, 1.54) is 30.3 Å². The third kappa shape index (κ3) is 5.79. The summed E-state index contributed by atoms with van der Waals surface area (Å²) in [5.74, 6) is 0.653. The first-order chi connectivity index (χ1) is 11.1. The van der Waals surface area contributed by atoms with Gasteiger partial charge < -0.3 is 0 Å². The number of nitro benzene ring substituents is 1. The van der Waals surface area contributed by atoms with Crippen LogP contribution in [-0.2, 0) is 5.75 Å². The number of non-ortho nitro benzene ring substituents is 1. The molecule has 2 amide bonds. The summed E-state index contributed by atoms with van der Waals surface area (Å²) in [7, 11) is 0. The maximum absolute atomic E-state index is 11.5. The fourth-order valence-corrected chi connectivity index (χ4v) is 2.24. The van der Waals surface area contributed by atoms with Gasteiger partial charge in [-0.15, -0.1) is 0 Å². The van der Waals surface area contributed by atoms with Gasteiger partial charge in [0.2, 0.25) is 0 Å². The topological polar surface area (TPSA) is 96.6 Å². The summed E-state index contributed by atoms with van der Waals surface area (Å²) in [4.78, 5) is 21.6. The number of nitrogens with zero attached hydrogens (tertiary/aromatic N) is 2. The van der Waals surface area contributed by atoms with Crippen molar-refractivity contribution >= 4 is 29.9 Å². The minimum Gasteiger partial charge on any atom is -0.280 e. The summed E-state index contributed by atoms with van der Waals surface area (Å²) in [5, 5.41) is 14.3. The highest BCUT2D eigenvalue weighted by Gasteiger charge is 2.02.